The van der Waals surface area contributed by atoms with Gasteiger partial charge in [0.2, 0.25) is 0 Å². The minimum absolute atomic E-state index is 0.0250. The topological polar surface area (TPSA) is 12.5 Å². The minimum Gasteiger partial charge on any atom is -0.369 e. The van der Waals surface area contributed by atoms with Gasteiger partial charge in [-0.15, -0.1) is 0 Å². The molecular weight excluding hydrogens is 327 g/mol. The summed E-state index contributed by atoms with van der Waals surface area (Å²) in [6.45, 7) is 4.26. The molecule has 5 heteroatoms. The van der Waals surface area contributed by atoms with Gasteiger partial charge in [0.25, 0.3) is 0 Å². The van der Waals surface area contributed by atoms with E-state index in [1.807, 2.05) is 31.2 Å². The Balaban J connectivity index is 1.64. The van der Waals surface area contributed by atoms with Gasteiger partial charge in [0, 0.05) is 25.6 Å². The molecule has 0 bridgehead atoms. The van der Waals surface area contributed by atoms with Crippen molar-refractivity contribution in [3.05, 3.63) is 70.8 Å². The summed E-state index contributed by atoms with van der Waals surface area (Å²) in [4.78, 5) is 2.27. The Morgan fingerprint density at radius 1 is 1.12 bits per heavy atom. The van der Waals surface area contributed by atoms with Gasteiger partial charge in [-0.1, -0.05) is 42.5 Å². The molecule has 2 atom stereocenters. The maximum absolute atomic E-state index is 13.3. The first-order valence-electron chi connectivity index (χ1n) is 8.46. The number of fused-ring (bicyclic) bond motifs is 3. The molecule has 2 nitrogen and oxygen atoms in total. The predicted molar refractivity (Wildman–Crippen MR) is 89.1 cm³/mol. The van der Waals surface area contributed by atoms with Gasteiger partial charge in [0.1, 0.15) is 0 Å². The van der Waals surface area contributed by atoms with Crippen LogP contribution in [0, 0.1) is 0 Å². The average molecular weight is 347 g/mol. The van der Waals surface area contributed by atoms with Gasteiger partial charge in [0.15, 0.2) is 0 Å². The number of rotatable bonds is 2. The summed E-state index contributed by atoms with van der Waals surface area (Å²) in [7, 11) is 0. The Labute approximate surface area is 145 Å². The zero-order valence-electron chi connectivity index (χ0n) is 14.0. The van der Waals surface area contributed by atoms with Crippen molar-refractivity contribution >= 4 is 0 Å². The summed E-state index contributed by atoms with van der Waals surface area (Å²) in [5.41, 5.74) is 1.30. The highest BCUT2D eigenvalue weighted by molar-refractivity contribution is 5.43. The fourth-order valence-corrected chi connectivity index (χ4v) is 4.20. The molecule has 0 aliphatic carbocycles. The number of benzene rings is 2. The lowest BCUT2D eigenvalue weighted by atomic mass is 9.80. The molecule has 25 heavy (non-hydrogen) atoms. The number of halogens is 3. The van der Waals surface area contributed by atoms with E-state index in [-0.39, 0.29) is 12.5 Å². The Hall–Kier alpha value is -1.85. The van der Waals surface area contributed by atoms with Gasteiger partial charge < -0.3 is 4.74 Å². The van der Waals surface area contributed by atoms with E-state index in [0.717, 1.165) is 24.7 Å². The fraction of sp³-hybridized carbons (Fsp3) is 0.400. The number of hydrogen-bond donors (Lipinski definition) is 0. The minimum atomic E-state index is -4.34. The van der Waals surface area contributed by atoms with Crippen LogP contribution in [0.5, 0.6) is 0 Å². The lowest BCUT2D eigenvalue weighted by Gasteiger charge is -2.38. The van der Waals surface area contributed by atoms with Crippen LogP contribution in [-0.4, -0.2) is 23.6 Å². The van der Waals surface area contributed by atoms with Crippen molar-refractivity contribution in [1.29, 1.82) is 0 Å². The molecule has 0 amide bonds. The van der Waals surface area contributed by atoms with Gasteiger partial charge in [-0.3, -0.25) is 4.90 Å². The SMILES string of the molecule is C[C@@]12CN(Cc3ccccc3)C[C@@H]1c1cccc(C(F)(F)F)c1CO2. The molecule has 2 aromatic carbocycles. The number of likely N-dealkylation sites (tertiary alicyclic amines) is 1. The molecule has 2 heterocycles. The van der Waals surface area contributed by atoms with E-state index in [2.05, 4.69) is 17.0 Å². The molecule has 0 radical (unpaired) electrons. The second-order valence-corrected chi connectivity index (χ2v) is 7.18. The van der Waals surface area contributed by atoms with Gasteiger partial charge in [-0.25, -0.2) is 0 Å². The summed E-state index contributed by atoms with van der Waals surface area (Å²) < 4.78 is 45.9. The zero-order valence-corrected chi connectivity index (χ0v) is 14.0. The Bertz CT molecular complexity index is 774. The van der Waals surface area contributed by atoms with E-state index in [4.69, 9.17) is 4.74 Å². The molecule has 0 N–H and O–H groups in total. The van der Waals surface area contributed by atoms with E-state index >= 15 is 0 Å². The molecule has 0 unspecified atom stereocenters. The molecule has 2 aliphatic heterocycles. The molecule has 1 fully saturated rings. The largest absolute Gasteiger partial charge is 0.416 e. The van der Waals surface area contributed by atoms with Crippen molar-refractivity contribution in [3.8, 4) is 0 Å². The molecule has 0 spiro atoms. The molecule has 1 saturated heterocycles. The first-order valence-corrected chi connectivity index (χ1v) is 8.46. The molecule has 2 aromatic rings. The van der Waals surface area contributed by atoms with Crippen LogP contribution < -0.4 is 0 Å². The van der Waals surface area contributed by atoms with Gasteiger partial charge in [-0.2, -0.15) is 13.2 Å². The first kappa shape index (κ1) is 16.6. The summed E-state index contributed by atoms with van der Waals surface area (Å²) in [5.74, 6) is -0.0396. The molecular formula is C20H20F3NO. The summed E-state index contributed by atoms with van der Waals surface area (Å²) in [6.07, 6.45) is -4.34. The number of ether oxygens (including phenoxy) is 1. The molecule has 2 aliphatic rings. The standard InChI is InChI=1S/C20H20F3NO/c1-19-13-24(10-14-6-3-2-4-7-14)11-18(19)15-8-5-9-17(20(21,22)23)16(15)12-25-19/h2-9,18H,10-13H2,1H3/t18-,19-/m1/s1. The number of alkyl halides is 3. The van der Waals surface area contributed by atoms with Crippen LogP contribution in [0.1, 0.15) is 35.1 Å². The van der Waals surface area contributed by atoms with Crippen molar-refractivity contribution in [2.24, 2.45) is 0 Å². The smallest absolute Gasteiger partial charge is 0.369 e. The lowest BCUT2D eigenvalue weighted by Crippen LogP contribution is -2.40. The second-order valence-electron chi connectivity index (χ2n) is 7.18. The van der Waals surface area contributed by atoms with Crippen LogP contribution in [0.3, 0.4) is 0 Å². The van der Waals surface area contributed by atoms with Crippen LogP contribution in [0.4, 0.5) is 13.2 Å². The quantitative estimate of drug-likeness (QED) is 0.788. The zero-order chi connectivity index (χ0) is 17.7. The third-order valence-electron chi connectivity index (χ3n) is 5.40. The van der Waals surface area contributed by atoms with Gasteiger partial charge in [-0.05, 0) is 29.7 Å². The van der Waals surface area contributed by atoms with Crippen molar-refractivity contribution in [3.63, 3.8) is 0 Å². The average Bonchev–Trinajstić information content (AvgIpc) is 2.91. The summed E-state index contributed by atoms with van der Waals surface area (Å²) in [6, 6.07) is 14.6. The van der Waals surface area contributed by atoms with Crippen molar-refractivity contribution in [1.82, 2.24) is 4.90 Å². The lowest BCUT2D eigenvalue weighted by molar-refractivity contribution is -0.141. The van der Waals surface area contributed by atoms with E-state index in [9.17, 15) is 13.2 Å². The first-order chi connectivity index (χ1) is 11.9. The number of hydrogen-bond acceptors (Lipinski definition) is 2. The maximum Gasteiger partial charge on any atom is 0.416 e. The third-order valence-corrected chi connectivity index (χ3v) is 5.40. The van der Waals surface area contributed by atoms with Crippen LogP contribution in [-0.2, 0) is 24.1 Å². The molecule has 4 rings (SSSR count). The van der Waals surface area contributed by atoms with Crippen LogP contribution in [0.25, 0.3) is 0 Å². The Morgan fingerprint density at radius 2 is 1.88 bits per heavy atom. The molecule has 0 saturated carbocycles. The number of nitrogens with zero attached hydrogens (tertiary/aromatic N) is 1. The van der Waals surface area contributed by atoms with Crippen LogP contribution >= 0.6 is 0 Å². The highest BCUT2D eigenvalue weighted by Crippen LogP contribution is 2.47. The van der Waals surface area contributed by atoms with Gasteiger partial charge >= 0.3 is 6.18 Å². The third kappa shape index (κ3) is 2.96. The molecule has 0 aromatic heterocycles. The summed E-state index contributed by atoms with van der Waals surface area (Å²) >= 11 is 0. The Morgan fingerprint density at radius 3 is 2.60 bits per heavy atom. The maximum atomic E-state index is 13.3. The Kier molecular flexibility index (Phi) is 3.89. The highest BCUT2D eigenvalue weighted by atomic mass is 19.4. The van der Waals surface area contributed by atoms with E-state index in [1.165, 1.54) is 11.6 Å². The molecule has 132 valence electrons. The van der Waals surface area contributed by atoms with Crippen molar-refractivity contribution < 1.29 is 17.9 Å². The van der Waals surface area contributed by atoms with E-state index in [0.29, 0.717) is 12.1 Å². The van der Waals surface area contributed by atoms with Crippen LogP contribution in [0.15, 0.2) is 48.5 Å². The fourth-order valence-electron chi connectivity index (χ4n) is 4.20. The normalized spacial score (nSPS) is 26.3. The van der Waals surface area contributed by atoms with Crippen molar-refractivity contribution in [2.45, 2.75) is 37.8 Å². The second kappa shape index (κ2) is 5.85. The summed E-state index contributed by atoms with van der Waals surface area (Å²) in [5, 5.41) is 0. The monoisotopic (exact) mass is 347 g/mol. The predicted octanol–water partition coefficient (Wildman–Crippen LogP) is 4.59. The van der Waals surface area contributed by atoms with E-state index < -0.39 is 17.3 Å². The highest BCUT2D eigenvalue weighted by Gasteiger charge is 2.49. The van der Waals surface area contributed by atoms with Crippen molar-refractivity contribution in [2.75, 3.05) is 13.1 Å². The van der Waals surface area contributed by atoms with E-state index in [1.54, 1.807) is 0 Å². The van der Waals surface area contributed by atoms with Gasteiger partial charge in [0.05, 0.1) is 17.8 Å². The van der Waals surface area contributed by atoms with Crippen LogP contribution in [0.2, 0.25) is 0 Å².